The number of carbonyl (C=O) groups excluding carboxylic acids is 2. The lowest BCUT2D eigenvalue weighted by Gasteiger charge is -2.21. The molecule has 1 aliphatic rings. The molecular weight excluding hydrogens is 383 g/mol. The number of rotatable bonds is 6. The van der Waals surface area contributed by atoms with E-state index in [1.807, 2.05) is 0 Å². The summed E-state index contributed by atoms with van der Waals surface area (Å²) in [6.45, 7) is 2.28. The van der Waals surface area contributed by atoms with E-state index in [1.54, 1.807) is 17.5 Å². The fraction of sp³-hybridized carbons (Fsp3) is 0.350. The largest absolute Gasteiger partial charge is 0.460 e. The molecule has 1 aromatic carbocycles. The number of nitrogens with zero attached hydrogens (tertiary/aromatic N) is 2. The first-order chi connectivity index (χ1) is 13.5. The zero-order valence-electron chi connectivity index (χ0n) is 15.5. The zero-order chi connectivity index (χ0) is 19.9. The number of halogens is 1. The van der Waals surface area contributed by atoms with E-state index >= 15 is 0 Å². The highest BCUT2D eigenvalue weighted by Gasteiger charge is 2.20. The second-order valence-electron chi connectivity index (χ2n) is 6.31. The fourth-order valence-electron chi connectivity index (χ4n) is 2.81. The van der Waals surface area contributed by atoms with Crippen molar-refractivity contribution in [3.8, 4) is 0 Å². The molecule has 0 radical (unpaired) electrons. The minimum absolute atomic E-state index is 0.0399. The Kier molecular flexibility index (Phi) is 6.89. The molecule has 2 aromatic rings. The third kappa shape index (κ3) is 5.24. The van der Waals surface area contributed by atoms with Gasteiger partial charge >= 0.3 is 5.97 Å². The highest BCUT2D eigenvalue weighted by molar-refractivity contribution is 7.14. The number of thiazole rings is 1. The monoisotopic (exact) mass is 404 g/mol. The maximum Gasteiger partial charge on any atom is 0.330 e. The number of carbonyl (C=O) groups is 2. The number of anilines is 2. The van der Waals surface area contributed by atoms with Crippen molar-refractivity contribution in [2.45, 2.75) is 32.3 Å². The van der Waals surface area contributed by atoms with E-state index in [4.69, 9.17) is 9.47 Å². The van der Waals surface area contributed by atoms with Gasteiger partial charge in [-0.1, -0.05) is 12.1 Å². The van der Waals surface area contributed by atoms with Gasteiger partial charge in [-0.3, -0.25) is 9.69 Å². The molecule has 1 unspecified atom stereocenters. The SMILES string of the molecule is CC(=O)N(c1nc(C=CC(=O)OCC2CCCCO2)cs1)c1ccccc1F. The average Bonchev–Trinajstić information content (AvgIpc) is 3.15. The molecule has 1 amide bonds. The van der Waals surface area contributed by atoms with E-state index in [9.17, 15) is 14.0 Å². The van der Waals surface area contributed by atoms with E-state index in [1.165, 1.54) is 47.4 Å². The van der Waals surface area contributed by atoms with Crippen molar-refractivity contribution in [3.05, 3.63) is 47.2 Å². The number of para-hydroxylation sites is 1. The molecule has 1 aliphatic heterocycles. The molecule has 148 valence electrons. The molecule has 0 aliphatic carbocycles. The minimum atomic E-state index is -0.515. The first kappa shape index (κ1) is 20.2. The van der Waals surface area contributed by atoms with E-state index < -0.39 is 11.8 Å². The van der Waals surface area contributed by atoms with Crippen LogP contribution in [-0.2, 0) is 19.1 Å². The maximum absolute atomic E-state index is 14.1. The number of aromatic nitrogens is 1. The van der Waals surface area contributed by atoms with Crippen molar-refractivity contribution >= 4 is 40.1 Å². The third-order valence-corrected chi connectivity index (χ3v) is 5.03. The van der Waals surface area contributed by atoms with Crippen LogP contribution in [0.1, 0.15) is 31.9 Å². The third-order valence-electron chi connectivity index (χ3n) is 4.19. The molecule has 3 rings (SSSR count). The summed E-state index contributed by atoms with van der Waals surface area (Å²) in [5, 5.41) is 2.00. The molecule has 2 heterocycles. The summed E-state index contributed by atoms with van der Waals surface area (Å²) in [7, 11) is 0. The predicted octanol–water partition coefficient (Wildman–Crippen LogP) is 4.09. The van der Waals surface area contributed by atoms with Gasteiger partial charge in [0.2, 0.25) is 5.91 Å². The lowest BCUT2D eigenvalue weighted by Crippen LogP contribution is -2.25. The Balaban J connectivity index is 1.63. The fourth-order valence-corrected chi connectivity index (χ4v) is 3.66. The van der Waals surface area contributed by atoms with Gasteiger partial charge in [-0.15, -0.1) is 11.3 Å². The van der Waals surface area contributed by atoms with Crippen molar-refractivity contribution in [3.63, 3.8) is 0 Å². The topological polar surface area (TPSA) is 68.7 Å². The second kappa shape index (κ2) is 9.57. The van der Waals surface area contributed by atoms with Crippen LogP contribution in [0.5, 0.6) is 0 Å². The summed E-state index contributed by atoms with van der Waals surface area (Å²) >= 11 is 1.18. The summed E-state index contributed by atoms with van der Waals surface area (Å²) < 4.78 is 24.8. The Labute approximate surface area is 166 Å². The molecule has 6 nitrogen and oxygen atoms in total. The van der Waals surface area contributed by atoms with Gasteiger partial charge in [0, 0.05) is 25.0 Å². The number of hydrogen-bond donors (Lipinski definition) is 0. The smallest absolute Gasteiger partial charge is 0.330 e. The molecule has 1 fully saturated rings. The minimum Gasteiger partial charge on any atom is -0.460 e. The molecule has 0 bridgehead atoms. The van der Waals surface area contributed by atoms with E-state index in [0.29, 0.717) is 17.4 Å². The van der Waals surface area contributed by atoms with Crippen LogP contribution in [0.15, 0.2) is 35.7 Å². The molecule has 1 aromatic heterocycles. The predicted molar refractivity (Wildman–Crippen MR) is 105 cm³/mol. The molecule has 1 atom stereocenters. The normalized spacial score (nSPS) is 16.9. The lowest BCUT2D eigenvalue weighted by molar-refractivity contribution is -0.143. The standard InChI is InChI=1S/C20H21FN2O4S/c1-14(24)23(18-8-3-2-7-17(18)21)20-22-15(13-28-20)9-10-19(25)27-12-16-6-4-5-11-26-16/h2-3,7-10,13,16H,4-6,11-12H2,1H3. The molecule has 8 heteroatoms. The van der Waals surface area contributed by atoms with Crippen LogP contribution in [0, 0.1) is 5.82 Å². The van der Waals surface area contributed by atoms with Crippen LogP contribution in [0.25, 0.3) is 6.08 Å². The van der Waals surface area contributed by atoms with Crippen LogP contribution >= 0.6 is 11.3 Å². The van der Waals surface area contributed by atoms with Crippen LogP contribution in [0.4, 0.5) is 15.2 Å². The molecular formula is C20H21FN2O4S. The highest BCUT2D eigenvalue weighted by Crippen LogP contribution is 2.30. The first-order valence-corrected chi connectivity index (χ1v) is 9.90. The zero-order valence-corrected chi connectivity index (χ0v) is 16.3. The quantitative estimate of drug-likeness (QED) is 0.536. The van der Waals surface area contributed by atoms with Gasteiger partial charge in [0.1, 0.15) is 12.4 Å². The summed E-state index contributed by atoms with van der Waals surface area (Å²) in [5.74, 6) is -1.36. The number of ether oxygens (including phenoxy) is 2. The van der Waals surface area contributed by atoms with E-state index in [2.05, 4.69) is 4.98 Å². The summed E-state index contributed by atoms with van der Waals surface area (Å²) in [4.78, 5) is 29.4. The first-order valence-electron chi connectivity index (χ1n) is 9.02. The van der Waals surface area contributed by atoms with Crippen molar-refractivity contribution in [2.75, 3.05) is 18.1 Å². The Bertz CT molecular complexity index is 861. The van der Waals surface area contributed by atoms with Crippen LogP contribution in [-0.4, -0.2) is 36.2 Å². The van der Waals surface area contributed by atoms with Crippen LogP contribution < -0.4 is 4.90 Å². The van der Waals surface area contributed by atoms with Crippen molar-refractivity contribution < 1.29 is 23.5 Å². The van der Waals surface area contributed by atoms with Crippen LogP contribution in [0.2, 0.25) is 0 Å². The van der Waals surface area contributed by atoms with E-state index in [-0.39, 0.29) is 24.3 Å². The molecule has 1 saturated heterocycles. The molecule has 0 N–H and O–H groups in total. The van der Waals surface area contributed by atoms with Gasteiger partial charge in [-0.2, -0.15) is 0 Å². The van der Waals surface area contributed by atoms with Gasteiger partial charge in [0.25, 0.3) is 0 Å². The van der Waals surface area contributed by atoms with Gasteiger partial charge in [-0.05, 0) is 37.5 Å². The Morgan fingerprint density at radius 2 is 2.21 bits per heavy atom. The summed E-state index contributed by atoms with van der Waals surface area (Å²) in [6.07, 6.45) is 5.76. The molecule has 0 spiro atoms. The summed E-state index contributed by atoms with van der Waals surface area (Å²) in [6, 6.07) is 6.00. The number of benzene rings is 1. The van der Waals surface area contributed by atoms with Crippen LogP contribution in [0.3, 0.4) is 0 Å². The van der Waals surface area contributed by atoms with Crippen molar-refractivity contribution in [1.82, 2.24) is 4.98 Å². The summed E-state index contributed by atoms with van der Waals surface area (Å²) in [5.41, 5.74) is 0.611. The van der Waals surface area contributed by atoms with Gasteiger partial charge in [0.15, 0.2) is 5.13 Å². The Morgan fingerprint density at radius 3 is 2.93 bits per heavy atom. The Hall–Kier alpha value is -2.58. The van der Waals surface area contributed by atoms with Crippen molar-refractivity contribution in [1.29, 1.82) is 0 Å². The second-order valence-corrected chi connectivity index (χ2v) is 7.15. The molecule has 0 saturated carbocycles. The number of hydrogen-bond acceptors (Lipinski definition) is 6. The Morgan fingerprint density at radius 1 is 1.39 bits per heavy atom. The van der Waals surface area contributed by atoms with Gasteiger partial charge in [0.05, 0.1) is 17.5 Å². The number of amides is 1. The maximum atomic E-state index is 14.1. The number of esters is 1. The highest BCUT2D eigenvalue weighted by atomic mass is 32.1. The molecule has 28 heavy (non-hydrogen) atoms. The average molecular weight is 404 g/mol. The van der Waals surface area contributed by atoms with Crippen molar-refractivity contribution in [2.24, 2.45) is 0 Å². The lowest BCUT2D eigenvalue weighted by atomic mass is 10.1. The van der Waals surface area contributed by atoms with Gasteiger partial charge in [-0.25, -0.2) is 14.2 Å². The van der Waals surface area contributed by atoms with Gasteiger partial charge < -0.3 is 9.47 Å². The van der Waals surface area contributed by atoms with E-state index in [0.717, 1.165) is 19.3 Å².